The Morgan fingerprint density at radius 1 is 1.43 bits per heavy atom. The zero-order valence-corrected chi connectivity index (χ0v) is 14.3. The molecule has 0 N–H and O–H groups in total. The Morgan fingerprint density at radius 3 is 2.71 bits per heavy atom. The Labute approximate surface area is 135 Å². The van der Waals surface area contributed by atoms with Gasteiger partial charge in [0.25, 0.3) is 5.91 Å². The number of carbonyl (C=O) groups is 1. The Hall–Kier alpha value is -1.33. The van der Waals surface area contributed by atoms with Gasteiger partial charge in [0.05, 0.1) is 12.0 Å². The molecule has 1 heterocycles. The number of ether oxygens (including phenoxy) is 1. The van der Waals surface area contributed by atoms with Crippen molar-refractivity contribution >= 4 is 40.3 Å². The maximum atomic E-state index is 12.4. The van der Waals surface area contributed by atoms with Crippen molar-refractivity contribution in [3.63, 3.8) is 0 Å². The van der Waals surface area contributed by atoms with Gasteiger partial charge in [-0.1, -0.05) is 43.9 Å². The molecule has 1 aliphatic heterocycles. The molecule has 1 saturated heterocycles. The summed E-state index contributed by atoms with van der Waals surface area (Å²) in [5.41, 5.74) is 2.03. The molecule has 0 aliphatic carbocycles. The Balaban J connectivity index is 2.24. The van der Waals surface area contributed by atoms with Crippen LogP contribution in [0.3, 0.4) is 0 Å². The summed E-state index contributed by atoms with van der Waals surface area (Å²) in [5, 5.41) is 0. The van der Waals surface area contributed by atoms with Crippen LogP contribution >= 0.6 is 24.0 Å². The molecular weight excluding hydrogens is 302 g/mol. The van der Waals surface area contributed by atoms with Crippen molar-refractivity contribution in [2.45, 2.75) is 20.8 Å². The average molecular weight is 321 g/mol. The number of hydrogen-bond acceptors (Lipinski definition) is 4. The molecule has 2 rings (SSSR count). The van der Waals surface area contributed by atoms with E-state index in [4.69, 9.17) is 17.0 Å². The highest BCUT2D eigenvalue weighted by Crippen LogP contribution is 2.33. The number of benzene rings is 1. The molecule has 1 aliphatic rings. The summed E-state index contributed by atoms with van der Waals surface area (Å²) < 4.78 is 5.89. The lowest BCUT2D eigenvalue weighted by molar-refractivity contribution is -0.122. The summed E-state index contributed by atoms with van der Waals surface area (Å²) in [6.45, 7) is 6.81. The molecule has 1 fully saturated rings. The molecule has 0 spiro atoms. The molecule has 0 aromatic heterocycles. The van der Waals surface area contributed by atoms with E-state index in [0.29, 0.717) is 21.7 Å². The predicted molar refractivity (Wildman–Crippen MR) is 92.4 cm³/mol. The van der Waals surface area contributed by atoms with Gasteiger partial charge in [-0.15, -0.1) is 0 Å². The second-order valence-corrected chi connectivity index (χ2v) is 7.09. The zero-order chi connectivity index (χ0) is 15.6. The predicted octanol–water partition coefficient (Wildman–Crippen LogP) is 3.86. The van der Waals surface area contributed by atoms with Gasteiger partial charge in [-0.25, -0.2) is 0 Å². The second kappa shape index (κ2) is 6.62. The van der Waals surface area contributed by atoms with E-state index in [9.17, 15) is 4.79 Å². The lowest BCUT2D eigenvalue weighted by Crippen LogP contribution is -2.31. The summed E-state index contributed by atoms with van der Waals surface area (Å²) in [5.74, 6) is 1.25. The van der Waals surface area contributed by atoms with Crippen LogP contribution in [-0.2, 0) is 4.79 Å². The van der Waals surface area contributed by atoms with Gasteiger partial charge in [0.2, 0.25) is 0 Å². The number of methoxy groups -OCH3 is 1. The topological polar surface area (TPSA) is 29.5 Å². The maximum absolute atomic E-state index is 12.4. The van der Waals surface area contributed by atoms with Gasteiger partial charge in [0.15, 0.2) is 0 Å². The molecule has 1 aromatic rings. The molecule has 0 radical (unpaired) electrons. The number of rotatable bonds is 4. The number of aryl methyl sites for hydroxylation is 1. The number of carbonyl (C=O) groups excluding carboxylic acids is 1. The van der Waals surface area contributed by atoms with Crippen molar-refractivity contribution in [3.05, 3.63) is 34.2 Å². The standard InChI is InChI=1S/C16H19NO2S2/c1-10(2)9-17-15(18)14(21-16(17)20)8-12-5-6-13(19-4)11(3)7-12/h5-8,10H,9H2,1-4H3. The van der Waals surface area contributed by atoms with E-state index in [0.717, 1.165) is 16.9 Å². The number of thiocarbonyl (C=S) groups is 1. The van der Waals surface area contributed by atoms with E-state index in [1.807, 2.05) is 31.2 Å². The van der Waals surface area contributed by atoms with Crippen molar-refractivity contribution < 1.29 is 9.53 Å². The van der Waals surface area contributed by atoms with Crippen molar-refractivity contribution in [2.24, 2.45) is 5.92 Å². The van der Waals surface area contributed by atoms with Gasteiger partial charge in [0.1, 0.15) is 10.1 Å². The first-order chi connectivity index (χ1) is 9.92. The zero-order valence-electron chi connectivity index (χ0n) is 12.7. The fourth-order valence-corrected chi connectivity index (χ4v) is 3.44. The first-order valence-corrected chi connectivity index (χ1v) is 8.05. The van der Waals surface area contributed by atoms with Gasteiger partial charge < -0.3 is 4.74 Å². The van der Waals surface area contributed by atoms with Crippen LogP contribution in [0.4, 0.5) is 0 Å². The van der Waals surface area contributed by atoms with Crippen molar-refractivity contribution in [2.75, 3.05) is 13.7 Å². The molecule has 0 bridgehead atoms. The largest absolute Gasteiger partial charge is 0.496 e. The second-order valence-electron chi connectivity index (χ2n) is 5.42. The Morgan fingerprint density at radius 2 is 2.14 bits per heavy atom. The van der Waals surface area contributed by atoms with Gasteiger partial charge in [-0.05, 0) is 42.2 Å². The van der Waals surface area contributed by atoms with Crippen LogP contribution in [0, 0.1) is 12.8 Å². The third-order valence-electron chi connectivity index (χ3n) is 3.14. The third kappa shape index (κ3) is 3.66. The summed E-state index contributed by atoms with van der Waals surface area (Å²) in [7, 11) is 1.65. The first-order valence-electron chi connectivity index (χ1n) is 6.82. The normalized spacial score (nSPS) is 17.2. The minimum atomic E-state index is 0.00664. The molecule has 3 nitrogen and oxygen atoms in total. The SMILES string of the molecule is COc1ccc(C=C2SC(=S)N(CC(C)C)C2=O)cc1C. The van der Waals surface area contributed by atoms with Crippen LogP contribution < -0.4 is 4.74 Å². The van der Waals surface area contributed by atoms with E-state index in [1.165, 1.54) is 11.8 Å². The highest BCUT2D eigenvalue weighted by atomic mass is 32.2. The summed E-state index contributed by atoms with van der Waals surface area (Å²) in [6, 6.07) is 5.87. The molecule has 0 unspecified atom stereocenters. The third-order valence-corrected chi connectivity index (χ3v) is 4.52. The van der Waals surface area contributed by atoms with Crippen molar-refractivity contribution in [3.8, 4) is 5.75 Å². The van der Waals surface area contributed by atoms with E-state index in [2.05, 4.69) is 13.8 Å². The average Bonchev–Trinajstić information content (AvgIpc) is 2.66. The van der Waals surface area contributed by atoms with Crippen molar-refractivity contribution in [1.29, 1.82) is 0 Å². The van der Waals surface area contributed by atoms with Crippen LogP contribution in [0.25, 0.3) is 6.08 Å². The number of hydrogen-bond donors (Lipinski definition) is 0. The van der Waals surface area contributed by atoms with Crippen LogP contribution in [0.2, 0.25) is 0 Å². The molecule has 112 valence electrons. The van der Waals surface area contributed by atoms with Gasteiger partial charge >= 0.3 is 0 Å². The minimum absolute atomic E-state index is 0.00664. The smallest absolute Gasteiger partial charge is 0.266 e. The van der Waals surface area contributed by atoms with E-state index >= 15 is 0 Å². The highest BCUT2D eigenvalue weighted by Gasteiger charge is 2.32. The molecule has 0 saturated carbocycles. The Bertz CT molecular complexity index is 608. The summed E-state index contributed by atoms with van der Waals surface area (Å²) >= 11 is 6.67. The molecule has 21 heavy (non-hydrogen) atoms. The van der Waals surface area contributed by atoms with Crippen LogP contribution in [0.1, 0.15) is 25.0 Å². The van der Waals surface area contributed by atoms with Crippen LogP contribution in [0.15, 0.2) is 23.1 Å². The fourth-order valence-electron chi connectivity index (χ4n) is 2.17. The van der Waals surface area contributed by atoms with E-state index < -0.39 is 0 Å². The molecule has 0 atom stereocenters. The van der Waals surface area contributed by atoms with Gasteiger partial charge in [0, 0.05) is 6.54 Å². The number of thioether (sulfide) groups is 1. The minimum Gasteiger partial charge on any atom is -0.496 e. The highest BCUT2D eigenvalue weighted by molar-refractivity contribution is 8.26. The Kier molecular flexibility index (Phi) is 5.06. The molecule has 1 aromatic carbocycles. The van der Waals surface area contributed by atoms with Crippen LogP contribution in [0.5, 0.6) is 5.75 Å². The lowest BCUT2D eigenvalue weighted by atomic mass is 10.1. The van der Waals surface area contributed by atoms with Gasteiger partial charge in [-0.3, -0.25) is 9.69 Å². The lowest BCUT2D eigenvalue weighted by Gasteiger charge is -2.16. The molecule has 1 amide bonds. The summed E-state index contributed by atoms with van der Waals surface area (Å²) in [6.07, 6.45) is 1.89. The van der Waals surface area contributed by atoms with Crippen molar-refractivity contribution in [1.82, 2.24) is 4.90 Å². The molecular formula is C16H19NO2S2. The van der Waals surface area contributed by atoms with Gasteiger partial charge in [-0.2, -0.15) is 0 Å². The van der Waals surface area contributed by atoms with E-state index in [-0.39, 0.29) is 5.91 Å². The fraction of sp³-hybridized carbons (Fsp3) is 0.375. The monoisotopic (exact) mass is 321 g/mol. The van der Waals surface area contributed by atoms with Crippen LogP contribution in [-0.4, -0.2) is 28.8 Å². The maximum Gasteiger partial charge on any atom is 0.266 e. The number of nitrogens with zero attached hydrogens (tertiary/aromatic N) is 1. The van der Waals surface area contributed by atoms with E-state index in [1.54, 1.807) is 12.0 Å². The first kappa shape index (κ1) is 16.0. The summed E-state index contributed by atoms with van der Waals surface area (Å²) in [4.78, 5) is 14.8. The molecule has 5 heteroatoms. The quantitative estimate of drug-likeness (QED) is 0.622. The number of amides is 1.